The molecular weight excluding hydrogens is 128 g/mol. The van der Waals surface area contributed by atoms with Crippen LogP contribution < -0.4 is 0 Å². The summed E-state index contributed by atoms with van der Waals surface area (Å²) in [5.74, 6) is -0.488. The van der Waals surface area contributed by atoms with Gasteiger partial charge in [0.15, 0.2) is 0 Å². The van der Waals surface area contributed by atoms with Gasteiger partial charge in [-0.05, 0) is 0 Å². The Morgan fingerprint density at radius 2 is 2.10 bits per heavy atom. The van der Waals surface area contributed by atoms with Crippen molar-refractivity contribution < 1.29 is 9.53 Å². The van der Waals surface area contributed by atoms with Crippen LogP contribution in [-0.4, -0.2) is 5.97 Å². The molecule has 0 unspecified atom stereocenters. The van der Waals surface area contributed by atoms with Gasteiger partial charge in [0.2, 0.25) is 0 Å². The average molecular weight is 136 g/mol. The smallest absolute Gasteiger partial charge is 0.321 e. The highest BCUT2D eigenvalue weighted by molar-refractivity contribution is 5.78. The Balaban J connectivity index is 2.49. The van der Waals surface area contributed by atoms with Crippen LogP contribution in [0.15, 0.2) is 37.1 Å². The summed E-state index contributed by atoms with van der Waals surface area (Å²) in [6, 6.07) is 0. The molecule has 0 atom stereocenters. The summed E-state index contributed by atoms with van der Waals surface area (Å²) in [4.78, 5) is 10.8. The van der Waals surface area contributed by atoms with Gasteiger partial charge in [-0.1, -0.05) is 30.9 Å². The minimum atomic E-state index is -0.278. The molecule has 52 valence electrons. The van der Waals surface area contributed by atoms with Crippen LogP contribution in [0.4, 0.5) is 0 Å². The maximum Gasteiger partial charge on any atom is 0.321 e. The van der Waals surface area contributed by atoms with E-state index < -0.39 is 0 Å². The standard InChI is InChI=1S/C8H8O2/c1-2-10-8(9)7-5-3-4-6-7/h2-7H,1H2. The van der Waals surface area contributed by atoms with Gasteiger partial charge in [0.1, 0.15) is 0 Å². The molecule has 0 aliphatic heterocycles. The molecule has 1 aliphatic carbocycles. The molecule has 0 N–H and O–H groups in total. The van der Waals surface area contributed by atoms with Gasteiger partial charge in [-0.25, -0.2) is 0 Å². The SMILES string of the molecule is C=COC(=O)C1C=CC=C1. The highest BCUT2D eigenvalue weighted by Gasteiger charge is 2.13. The number of hydrogen-bond donors (Lipinski definition) is 0. The molecule has 2 heteroatoms. The average Bonchev–Trinajstić information content (AvgIpc) is 2.38. The van der Waals surface area contributed by atoms with Crippen molar-refractivity contribution in [2.75, 3.05) is 0 Å². The van der Waals surface area contributed by atoms with Crippen molar-refractivity contribution >= 4 is 5.97 Å². The quantitative estimate of drug-likeness (QED) is 0.424. The molecule has 0 aromatic carbocycles. The van der Waals surface area contributed by atoms with Crippen LogP contribution >= 0.6 is 0 Å². The summed E-state index contributed by atoms with van der Waals surface area (Å²) in [5.41, 5.74) is 0. The zero-order chi connectivity index (χ0) is 7.40. The van der Waals surface area contributed by atoms with Gasteiger partial charge in [0.05, 0.1) is 12.2 Å². The van der Waals surface area contributed by atoms with Crippen molar-refractivity contribution in [2.45, 2.75) is 0 Å². The van der Waals surface area contributed by atoms with Gasteiger partial charge in [0.25, 0.3) is 0 Å². The molecule has 0 saturated heterocycles. The number of rotatable bonds is 2. The first-order valence-electron chi connectivity index (χ1n) is 3.01. The van der Waals surface area contributed by atoms with Crippen molar-refractivity contribution in [1.29, 1.82) is 0 Å². The lowest BCUT2D eigenvalue weighted by Gasteiger charge is -2.00. The molecule has 10 heavy (non-hydrogen) atoms. The Morgan fingerprint density at radius 1 is 1.50 bits per heavy atom. The van der Waals surface area contributed by atoms with Crippen LogP contribution in [0.5, 0.6) is 0 Å². The highest BCUT2D eigenvalue weighted by atomic mass is 16.5. The third-order valence-electron chi connectivity index (χ3n) is 1.22. The van der Waals surface area contributed by atoms with Crippen LogP contribution in [0.3, 0.4) is 0 Å². The molecule has 2 nitrogen and oxygen atoms in total. The summed E-state index contributed by atoms with van der Waals surface area (Å²) in [6.07, 6.45) is 8.31. The first-order valence-corrected chi connectivity index (χ1v) is 3.01. The summed E-state index contributed by atoms with van der Waals surface area (Å²) in [6.45, 7) is 3.28. The third-order valence-corrected chi connectivity index (χ3v) is 1.22. The topological polar surface area (TPSA) is 26.3 Å². The minimum Gasteiger partial charge on any atom is -0.434 e. The number of hydrogen-bond acceptors (Lipinski definition) is 2. The van der Waals surface area contributed by atoms with E-state index in [-0.39, 0.29) is 11.9 Å². The second-order valence-corrected chi connectivity index (χ2v) is 1.90. The predicted molar refractivity (Wildman–Crippen MR) is 38.1 cm³/mol. The maximum absolute atomic E-state index is 10.8. The molecule has 0 bridgehead atoms. The Bertz CT molecular complexity index is 189. The van der Waals surface area contributed by atoms with Crippen molar-refractivity contribution in [3.63, 3.8) is 0 Å². The highest BCUT2D eigenvalue weighted by Crippen LogP contribution is 2.10. The lowest BCUT2D eigenvalue weighted by molar-refractivity contribution is -0.139. The summed E-state index contributed by atoms with van der Waals surface area (Å²) < 4.78 is 4.55. The van der Waals surface area contributed by atoms with Crippen LogP contribution in [0, 0.1) is 5.92 Å². The van der Waals surface area contributed by atoms with Crippen LogP contribution in [0.25, 0.3) is 0 Å². The summed E-state index contributed by atoms with van der Waals surface area (Å²) in [7, 11) is 0. The number of carbonyl (C=O) groups is 1. The third kappa shape index (κ3) is 1.35. The minimum absolute atomic E-state index is 0.210. The van der Waals surface area contributed by atoms with E-state index in [0.717, 1.165) is 6.26 Å². The lowest BCUT2D eigenvalue weighted by atomic mass is 10.2. The van der Waals surface area contributed by atoms with Gasteiger partial charge in [-0.15, -0.1) is 0 Å². The van der Waals surface area contributed by atoms with Crippen LogP contribution in [0.1, 0.15) is 0 Å². The lowest BCUT2D eigenvalue weighted by Crippen LogP contribution is -2.08. The Hall–Kier alpha value is -1.31. The molecule has 0 spiro atoms. The van der Waals surface area contributed by atoms with E-state index in [2.05, 4.69) is 11.3 Å². The van der Waals surface area contributed by atoms with E-state index in [9.17, 15) is 4.79 Å². The number of ether oxygens (including phenoxy) is 1. The molecular formula is C8H8O2. The van der Waals surface area contributed by atoms with E-state index in [0.29, 0.717) is 0 Å². The second kappa shape index (κ2) is 3.01. The van der Waals surface area contributed by atoms with Gasteiger partial charge < -0.3 is 4.74 Å². The fraction of sp³-hybridized carbons (Fsp3) is 0.125. The van der Waals surface area contributed by atoms with Gasteiger partial charge in [-0.3, -0.25) is 4.79 Å². The summed E-state index contributed by atoms with van der Waals surface area (Å²) in [5, 5.41) is 0. The fourth-order valence-corrected chi connectivity index (χ4v) is 0.750. The fourth-order valence-electron chi connectivity index (χ4n) is 0.750. The van der Waals surface area contributed by atoms with Crippen LogP contribution in [-0.2, 0) is 9.53 Å². The normalized spacial score (nSPS) is 15.6. The Morgan fingerprint density at radius 3 is 2.60 bits per heavy atom. The number of esters is 1. The molecule has 1 rings (SSSR count). The molecule has 0 amide bonds. The van der Waals surface area contributed by atoms with E-state index in [1.54, 1.807) is 12.2 Å². The van der Waals surface area contributed by atoms with Crippen molar-refractivity contribution in [2.24, 2.45) is 5.92 Å². The predicted octanol–water partition coefficient (Wildman–Crippen LogP) is 1.42. The van der Waals surface area contributed by atoms with E-state index in [4.69, 9.17) is 0 Å². The number of allylic oxidation sites excluding steroid dienone is 2. The Labute approximate surface area is 59.5 Å². The van der Waals surface area contributed by atoms with Crippen molar-refractivity contribution in [3.8, 4) is 0 Å². The summed E-state index contributed by atoms with van der Waals surface area (Å²) >= 11 is 0. The first-order chi connectivity index (χ1) is 4.84. The van der Waals surface area contributed by atoms with Gasteiger partial charge in [-0.2, -0.15) is 0 Å². The monoisotopic (exact) mass is 136 g/mol. The van der Waals surface area contributed by atoms with Crippen LogP contribution in [0.2, 0.25) is 0 Å². The van der Waals surface area contributed by atoms with E-state index >= 15 is 0 Å². The van der Waals surface area contributed by atoms with Gasteiger partial charge in [0, 0.05) is 0 Å². The van der Waals surface area contributed by atoms with Gasteiger partial charge >= 0.3 is 5.97 Å². The molecule has 0 saturated carbocycles. The zero-order valence-electron chi connectivity index (χ0n) is 5.49. The molecule has 0 heterocycles. The largest absolute Gasteiger partial charge is 0.434 e. The Kier molecular flexibility index (Phi) is 2.05. The number of carbonyl (C=O) groups excluding carboxylic acids is 1. The molecule has 0 fully saturated rings. The molecule has 0 aromatic heterocycles. The van der Waals surface area contributed by atoms with E-state index in [1.807, 2.05) is 12.2 Å². The van der Waals surface area contributed by atoms with Crippen molar-refractivity contribution in [1.82, 2.24) is 0 Å². The zero-order valence-corrected chi connectivity index (χ0v) is 5.49. The first kappa shape index (κ1) is 6.81. The van der Waals surface area contributed by atoms with Crippen molar-refractivity contribution in [3.05, 3.63) is 37.1 Å². The molecule has 0 aromatic rings. The molecule has 1 aliphatic rings. The second-order valence-electron chi connectivity index (χ2n) is 1.90. The van der Waals surface area contributed by atoms with E-state index in [1.165, 1.54) is 0 Å². The maximum atomic E-state index is 10.8. The molecule has 0 radical (unpaired) electrons.